The van der Waals surface area contributed by atoms with Crippen molar-refractivity contribution in [2.24, 2.45) is 5.11 Å². The predicted octanol–water partition coefficient (Wildman–Crippen LogP) is 4.19. The number of pyridine rings is 1. The number of anilines is 2. The lowest BCUT2D eigenvalue weighted by atomic mass is 10.0. The minimum Gasteiger partial charge on any atom is -0.463 e. The predicted molar refractivity (Wildman–Crippen MR) is 148 cm³/mol. The number of ether oxygens (including phenoxy) is 4. The number of nitrogens with zero attached hydrogens (tertiary/aromatic N) is 4. The molecule has 0 amide bonds. The van der Waals surface area contributed by atoms with E-state index in [2.05, 4.69) is 20.3 Å². The molecule has 0 saturated carbocycles. The zero-order valence-corrected chi connectivity index (χ0v) is 23.4. The third-order valence-electron chi connectivity index (χ3n) is 5.06. The normalized spacial score (nSPS) is 11.5. The van der Waals surface area contributed by atoms with Crippen LogP contribution in [-0.4, -0.2) is 80.7 Å². The molecule has 212 valence electrons. The topological polar surface area (TPSA) is 165 Å². The molecule has 0 aliphatic rings. The van der Waals surface area contributed by atoms with Crippen LogP contribution in [0.1, 0.15) is 29.6 Å². The molecule has 2 aromatic rings. The number of ketones is 1. The molecule has 0 fully saturated rings. The summed E-state index contributed by atoms with van der Waals surface area (Å²) >= 11 is 2.00. The van der Waals surface area contributed by atoms with Crippen molar-refractivity contribution in [1.82, 2.24) is 4.98 Å². The van der Waals surface area contributed by atoms with E-state index in [1.165, 1.54) is 24.5 Å². The van der Waals surface area contributed by atoms with Crippen LogP contribution in [0.2, 0.25) is 0 Å². The Balaban J connectivity index is 1.59. The molecule has 0 bridgehead atoms. The molecular weight excluding hydrogens is 628 g/mol. The Kier molecular flexibility index (Phi) is 15.9. The van der Waals surface area contributed by atoms with Gasteiger partial charge in [-0.25, -0.2) is 4.39 Å². The van der Waals surface area contributed by atoms with E-state index in [1.807, 2.05) is 22.6 Å². The maximum atomic E-state index is 14.2. The fraction of sp³-hybridized carbons (Fsp3) is 0.480. The lowest BCUT2D eigenvalue weighted by Crippen LogP contribution is -2.21. The van der Waals surface area contributed by atoms with Crippen molar-refractivity contribution in [2.75, 3.05) is 58.1 Å². The van der Waals surface area contributed by atoms with Gasteiger partial charge in [0.05, 0.1) is 69.7 Å². The van der Waals surface area contributed by atoms with Gasteiger partial charge in [0.15, 0.2) is 5.78 Å². The minimum atomic E-state index is -1.02. The van der Waals surface area contributed by atoms with Gasteiger partial charge in [0.1, 0.15) is 12.4 Å². The molecular formula is C25H31FIN5O7. The summed E-state index contributed by atoms with van der Waals surface area (Å²) in [6.45, 7) is 1.85. The number of aliphatic hydroxyl groups excluding tert-OH is 1. The van der Waals surface area contributed by atoms with Crippen molar-refractivity contribution in [3.05, 3.63) is 62.1 Å². The van der Waals surface area contributed by atoms with Crippen molar-refractivity contribution in [3.63, 3.8) is 0 Å². The smallest absolute Gasteiger partial charge is 0.308 e. The first kappa shape index (κ1) is 32.3. The number of benzene rings is 1. The minimum absolute atomic E-state index is 0.00542. The van der Waals surface area contributed by atoms with Crippen molar-refractivity contribution < 1.29 is 38.0 Å². The number of carbonyl (C=O) groups is 2. The maximum absolute atomic E-state index is 14.2. The molecule has 0 aliphatic heterocycles. The van der Waals surface area contributed by atoms with Crippen LogP contribution in [0.5, 0.6) is 0 Å². The van der Waals surface area contributed by atoms with E-state index in [-0.39, 0.29) is 50.5 Å². The second kappa shape index (κ2) is 19.2. The molecule has 2 rings (SSSR count). The number of azide groups is 1. The maximum Gasteiger partial charge on any atom is 0.308 e. The molecule has 1 aromatic heterocycles. The van der Waals surface area contributed by atoms with Crippen molar-refractivity contribution in [1.29, 1.82) is 0 Å². The Morgan fingerprint density at radius 3 is 2.51 bits per heavy atom. The Bertz CT molecular complexity index is 1100. The molecule has 0 aliphatic carbocycles. The Morgan fingerprint density at radius 1 is 1.08 bits per heavy atom. The number of aromatic nitrogens is 1. The first-order valence-corrected chi connectivity index (χ1v) is 13.3. The second-order valence-corrected chi connectivity index (χ2v) is 9.26. The van der Waals surface area contributed by atoms with E-state index >= 15 is 0 Å². The first-order valence-electron chi connectivity index (χ1n) is 12.2. The molecule has 1 atom stereocenters. The highest BCUT2D eigenvalue weighted by Gasteiger charge is 2.16. The summed E-state index contributed by atoms with van der Waals surface area (Å²) in [7, 11) is 0. The van der Waals surface area contributed by atoms with Gasteiger partial charge in [-0.15, -0.1) is 0 Å². The largest absolute Gasteiger partial charge is 0.463 e. The SMILES string of the molecule is [N-]=[N+]=NCCOCCOCCOCCC(=O)OC[C@@H](O)CCC(=O)c1ccncc1Nc1ccc(I)cc1F. The molecule has 0 unspecified atom stereocenters. The number of rotatable bonds is 20. The van der Waals surface area contributed by atoms with Gasteiger partial charge in [-0.05, 0) is 58.8 Å². The Hall–Kier alpha value is -2.88. The van der Waals surface area contributed by atoms with Gasteiger partial charge in [0.25, 0.3) is 0 Å². The number of nitrogens with one attached hydrogen (secondary N) is 1. The molecule has 39 heavy (non-hydrogen) atoms. The molecule has 12 nitrogen and oxygen atoms in total. The van der Waals surface area contributed by atoms with E-state index in [9.17, 15) is 19.1 Å². The first-order chi connectivity index (χ1) is 18.9. The average Bonchev–Trinajstić information content (AvgIpc) is 2.93. The summed E-state index contributed by atoms with van der Waals surface area (Å²) < 4.78 is 35.8. The lowest BCUT2D eigenvalue weighted by molar-refractivity contribution is -0.148. The summed E-state index contributed by atoms with van der Waals surface area (Å²) in [6, 6.07) is 6.20. The highest BCUT2D eigenvalue weighted by atomic mass is 127. The monoisotopic (exact) mass is 659 g/mol. The third-order valence-corrected chi connectivity index (χ3v) is 5.73. The fourth-order valence-corrected chi connectivity index (χ4v) is 3.55. The van der Waals surface area contributed by atoms with E-state index in [0.29, 0.717) is 44.3 Å². The molecule has 0 spiro atoms. The van der Waals surface area contributed by atoms with Crippen molar-refractivity contribution in [3.8, 4) is 0 Å². The highest BCUT2D eigenvalue weighted by Crippen LogP contribution is 2.25. The summed E-state index contributed by atoms with van der Waals surface area (Å²) in [5, 5.41) is 16.4. The molecule has 0 saturated heterocycles. The molecule has 0 radical (unpaired) electrons. The number of carbonyl (C=O) groups excluding carboxylic acids is 2. The Morgan fingerprint density at radius 2 is 1.79 bits per heavy atom. The molecule has 1 heterocycles. The van der Waals surface area contributed by atoms with Crippen LogP contribution in [0.4, 0.5) is 15.8 Å². The van der Waals surface area contributed by atoms with Gasteiger partial charge >= 0.3 is 5.97 Å². The zero-order valence-electron chi connectivity index (χ0n) is 21.3. The van der Waals surface area contributed by atoms with Gasteiger partial charge in [0, 0.05) is 33.2 Å². The second-order valence-electron chi connectivity index (χ2n) is 8.01. The van der Waals surface area contributed by atoms with Crippen LogP contribution in [0.25, 0.3) is 10.4 Å². The van der Waals surface area contributed by atoms with Gasteiger partial charge < -0.3 is 29.4 Å². The van der Waals surface area contributed by atoms with Gasteiger partial charge in [-0.2, -0.15) is 0 Å². The summed E-state index contributed by atoms with van der Waals surface area (Å²) in [4.78, 5) is 31.2. The average molecular weight is 659 g/mol. The van der Waals surface area contributed by atoms with Crippen LogP contribution >= 0.6 is 22.6 Å². The van der Waals surface area contributed by atoms with E-state index < -0.39 is 17.9 Å². The number of hydrogen-bond acceptors (Lipinski definition) is 10. The molecule has 2 N–H and O–H groups in total. The van der Waals surface area contributed by atoms with Crippen molar-refractivity contribution >= 4 is 45.7 Å². The molecule has 1 aromatic carbocycles. The standard InChI is InChI=1S/C25H31FIN5O7/c26-21-15-18(27)1-3-22(21)31-23-16-29-7-5-20(23)24(34)4-2-19(33)17-39-25(35)6-9-36-11-13-38-14-12-37-10-8-30-32-28/h1,3,5,7,15-16,19,31,33H,2,4,6,8-14,17H2/t19-/m0/s1. The number of aliphatic hydroxyl groups is 1. The molecule has 14 heteroatoms. The summed E-state index contributed by atoms with van der Waals surface area (Å²) in [6.07, 6.45) is 1.95. The van der Waals surface area contributed by atoms with Gasteiger partial charge in [0.2, 0.25) is 0 Å². The van der Waals surface area contributed by atoms with Crippen LogP contribution in [0.3, 0.4) is 0 Å². The van der Waals surface area contributed by atoms with E-state index in [0.717, 1.165) is 3.57 Å². The van der Waals surface area contributed by atoms with Gasteiger partial charge in [-0.1, -0.05) is 5.11 Å². The van der Waals surface area contributed by atoms with E-state index in [4.69, 9.17) is 24.5 Å². The van der Waals surface area contributed by atoms with Crippen LogP contribution in [0.15, 0.2) is 41.8 Å². The van der Waals surface area contributed by atoms with Crippen LogP contribution in [0, 0.1) is 9.39 Å². The van der Waals surface area contributed by atoms with Crippen LogP contribution < -0.4 is 5.32 Å². The lowest BCUT2D eigenvalue weighted by Gasteiger charge is -2.13. The fourth-order valence-electron chi connectivity index (χ4n) is 3.10. The number of hydrogen-bond donors (Lipinski definition) is 2. The van der Waals surface area contributed by atoms with E-state index in [1.54, 1.807) is 12.1 Å². The highest BCUT2D eigenvalue weighted by molar-refractivity contribution is 14.1. The van der Waals surface area contributed by atoms with Gasteiger partial charge in [-0.3, -0.25) is 14.6 Å². The number of Topliss-reactive ketones (excluding diaryl/α,β-unsaturated/α-hetero) is 1. The quantitative estimate of drug-likeness (QED) is 0.0404. The number of esters is 1. The van der Waals surface area contributed by atoms with Crippen molar-refractivity contribution in [2.45, 2.75) is 25.4 Å². The zero-order chi connectivity index (χ0) is 28.3. The Labute approximate surface area is 238 Å². The third kappa shape index (κ3) is 13.7. The van der Waals surface area contributed by atoms with Crippen LogP contribution in [-0.2, 0) is 23.7 Å². The number of halogens is 2. The summed E-state index contributed by atoms with van der Waals surface area (Å²) in [5.41, 5.74) is 9.01. The summed E-state index contributed by atoms with van der Waals surface area (Å²) in [5.74, 6) is -1.26.